The molecule has 0 atom stereocenters. The van der Waals surface area contributed by atoms with Crippen molar-refractivity contribution in [3.63, 3.8) is 0 Å². The third-order valence-corrected chi connectivity index (χ3v) is 4.96. The summed E-state index contributed by atoms with van der Waals surface area (Å²) >= 11 is 0. The molecule has 0 aliphatic carbocycles. The number of nitrogens with two attached hydrogens (primary N) is 1. The molecule has 1 aliphatic heterocycles. The van der Waals surface area contributed by atoms with E-state index in [2.05, 4.69) is 15.0 Å². The number of hydrogen-bond donors (Lipinski definition) is 1. The van der Waals surface area contributed by atoms with Gasteiger partial charge in [-0.15, -0.1) is 0 Å². The Bertz CT molecular complexity index is 997. The van der Waals surface area contributed by atoms with E-state index in [-0.39, 0.29) is 11.9 Å². The summed E-state index contributed by atoms with van der Waals surface area (Å²) < 4.78 is 10.8. The van der Waals surface area contributed by atoms with Crippen LogP contribution in [-0.4, -0.2) is 41.1 Å². The Morgan fingerprint density at radius 2 is 1.93 bits per heavy atom. The van der Waals surface area contributed by atoms with Crippen LogP contribution in [-0.2, 0) is 9.53 Å². The second kappa shape index (κ2) is 7.67. The molecule has 3 heterocycles. The Labute approximate surface area is 162 Å². The molecule has 2 aromatic heterocycles. The molecule has 4 rings (SSSR count). The van der Waals surface area contributed by atoms with E-state index in [0.29, 0.717) is 49.1 Å². The van der Waals surface area contributed by atoms with Gasteiger partial charge in [-0.05, 0) is 25.0 Å². The predicted octanol–water partition coefficient (Wildman–Crippen LogP) is 2.79. The van der Waals surface area contributed by atoms with Gasteiger partial charge in [-0.25, -0.2) is 4.98 Å². The first-order valence-corrected chi connectivity index (χ1v) is 9.12. The molecule has 28 heavy (non-hydrogen) atoms. The maximum atomic E-state index is 11.7. The molecule has 0 saturated carbocycles. The highest BCUT2D eigenvalue weighted by Crippen LogP contribution is 2.35. The molecule has 0 bridgehead atoms. The Hall–Kier alpha value is -3.42. The van der Waals surface area contributed by atoms with Crippen molar-refractivity contribution < 1.29 is 14.3 Å². The minimum atomic E-state index is -0.164. The zero-order chi connectivity index (χ0) is 19.5. The van der Waals surface area contributed by atoms with Crippen LogP contribution in [0.3, 0.4) is 0 Å². The van der Waals surface area contributed by atoms with Crippen LogP contribution in [0.2, 0.25) is 0 Å². The molecule has 1 saturated heterocycles. The first-order valence-electron chi connectivity index (χ1n) is 9.12. The van der Waals surface area contributed by atoms with Gasteiger partial charge < -0.3 is 20.1 Å². The van der Waals surface area contributed by atoms with Gasteiger partial charge >= 0.3 is 5.97 Å². The number of para-hydroxylation sites is 1. The van der Waals surface area contributed by atoms with Gasteiger partial charge in [0.1, 0.15) is 17.5 Å². The van der Waals surface area contributed by atoms with E-state index in [1.165, 1.54) is 13.4 Å². The summed E-state index contributed by atoms with van der Waals surface area (Å²) in [5.41, 5.74) is 7.43. The Morgan fingerprint density at radius 3 is 2.71 bits per heavy atom. The highest BCUT2D eigenvalue weighted by Gasteiger charge is 2.28. The number of rotatable bonds is 4. The fourth-order valence-corrected chi connectivity index (χ4v) is 3.46. The largest absolute Gasteiger partial charge is 0.469 e. The van der Waals surface area contributed by atoms with Gasteiger partial charge in [0.25, 0.3) is 0 Å². The zero-order valence-electron chi connectivity index (χ0n) is 15.5. The van der Waals surface area contributed by atoms with E-state index >= 15 is 0 Å². The first-order chi connectivity index (χ1) is 13.7. The molecule has 3 aromatic rings. The third-order valence-electron chi connectivity index (χ3n) is 4.96. The topological polar surface area (TPSA) is 103 Å². The molecular weight excluding hydrogens is 358 g/mol. The molecule has 0 amide bonds. The summed E-state index contributed by atoms with van der Waals surface area (Å²) in [5, 5.41) is 0.970. The summed E-state index contributed by atoms with van der Waals surface area (Å²) in [6, 6.07) is 9.54. The summed E-state index contributed by atoms with van der Waals surface area (Å²) in [6.45, 7) is 1.33. The van der Waals surface area contributed by atoms with Gasteiger partial charge in [-0.1, -0.05) is 18.2 Å². The van der Waals surface area contributed by atoms with Gasteiger partial charge in [-0.2, -0.15) is 4.98 Å². The highest BCUT2D eigenvalue weighted by atomic mass is 16.5. The van der Waals surface area contributed by atoms with Crippen molar-refractivity contribution in [2.45, 2.75) is 12.8 Å². The van der Waals surface area contributed by atoms with Crippen molar-refractivity contribution in [1.82, 2.24) is 15.0 Å². The van der Waals surface area contributed by atoms with E-state index < -0.39 is 0 Å². The van der Waals surface area contributed by atoms with Crippen molar-refractivity contribution in [3.05, 3.63) is 42.9 Å². The standard InChI is InChI=1S/C20H21N5O3/c1-27-20(26)14-7-10-25(11-8-14)18-16(21)19(24-12-23-18)28-15-6-2-4-13-5-3-9-22-17(13)15/h2-6,9,12,14H,7-8,10-11,21H2,1H3. The molecule has 2 N–H and O–H groups in total. The van der Waals surface area contributed by atoms with Crippen LogP contribution in [0.25, 0.3) is 10.9 Å². The van der Waals surface area contributed by atoms with Gasteiger partial charge in [-0.3, -0.25) is 9.78 Å². The maximum Gasteiger partial charge on any atom is 0.308 e. The molecule has 144 valence electrons. The number of methoxy groups -OCH3 is 1. The molecule has 1 aliphatic rings. The number of fused-ring (bicyclic) bond motifs is 1. The van der Waals surface area contributed by atoms with Crippen molar-refractivity contribution in [2.24, 2.45) is 5.92 Å². The van der Waals surface area contributed by atoms with E-state index in [1.807, 2.05) is 35.2 Å². The van der Waals surface area contributed by atoms with Crippen molar-refractivity contribution in [1.29, 1.82) is 0 Å². The van der Waals surface area contributed by atoms with Crippen LogP contribution in [0.15, 0.2) is 42.9 Å². The number of nitrogen functional groups attached to an aromatic ring is 1. The second-order valence-corrected chi connectivity index (χ2v) is 6.63. The number of benzene rings is 1. The Balaban J connectivity index is 1.57. The number of piperidine rings is 1. The molecule has 0 radical (unpaired) electrons. The lowest BCUT2D eigenvalue weighted by molar-refractivity contribution is -0.146. The van der Waals surface area contributed by atoms with Crippen LogP contribution in [0.4, 0.5) is 11.5 Å². The van der Waals surface area contributed by atoms with E-state index in [9.17, 15) is 4.79 Å². The normalized spacial score (nSPS) is 14.8. The van der Waals surface area contributed by atoms with E-state index in [1.54, 1.807) is 6.20 Å². The summed E-state index contributed by atoms with van der Waals surface area (Å²) in [4.78, 5) is 26.7. The lowest BCUT2D eigenvalue weighted by atomic mass is 9.97. The number of aromatic nitrogens is 3. The summed E-state index contributed by atoms with van der Waals surface area (Å²) in [5.74, 6) is 1.24. The average molecular weight is 379 g/mol. The SMILES string of the molecule is COC(=O)C1CCN(c2ncnc(Oc3cccc4cccnc34)c2N)CC1. The first kappa shape index (κ1) is 18.0. The predicted molar refractivity (Wildman–Crippen MR) is 105 cm³/mol. The fourth-order valence-electron chi connectivity index (χ4n) is 3.46. The molecule has 1 fully saturated rings. The summed E-state index contributed by atoms with van der Waals surface area (Å²) in [6.07, 6.45) is 4.54. The Kier molecular flexibility index (Phi) is 4.92. The highest BCUT2D eigenvalue weighted by molar-refractivity contribution is 5.84. The lowest BCUT2D eigenvalue weighted by Gasteiger charge is -2.32. The van der Waals surface area contributed by atoms with Gasteiger partial charge in [0, 0.05) is 24.7 Å². The van der Waals surface area contributed by atoms with Crippen LogP contribution in [0.5, 0.6) is 11.6 Å². The number of hydrogen-bond acceptors (Lipinski definition) is 8. The van der Waals surface area contributed by atoms with Crippen LogP contribution >= 0.6 is 0 Å². The van der Waals surface area contributed by atoms with Crippen molar-refractivity contribution in [3.8, 4) is 11.6 Å². The molecule has 1 aromatic carbocycles. The number of carbonyl (C=O) groups is 1. The van der Waals surface area contributed by atoms with Crippen LogP contribution < -0.4 is 15.4 Å². The number of esters is 1. The van der Waals surface area contributed by atoms with Crippen molar-refractivity contribution in [2.75, 3.05) is 30.8 Å². The number of ether oxygens (including phenoxy) is 2. The van der Waals surface area contributed by atoms with Crippen molar-refractivity contribution >= 4 is 28.4 Å². The Morgan fingerprint density at radius 1 is 1.14 bits per heavy atom. The molecular formula is C20H21N5O3. The molecule has 8 heteroatoms. The zero-order valence-corrected chi connectivity index (χ0v) is 15.5. The van der Waals surface area contributed by atoms with E-state index in [0.717, 1.165) is 10.9 Å². The van der Waals surface area contributed by atoms with Crippen LogP contribution in [0.1, 0.15) is 12.8 Å². The molecule has 8 nitrogen and oxygen atoms in total. The van der Waals surface area contributed by atoms with E-state index in [4.69, 9.17) is 15.2 Å². The minimum absolute atomic E-state index is 0.0817. The monoisotopic (exact) mass is 379 g/mol. The number of nitrogens with zero attached hydrogens (tertiary/aromatic N) is 4. The maximum absolute atomic E-state index is 11.7. The smallest absolute Gasteiger partial charge is 0.308 e. The second-order valence-electron chi connectivity index (χ2n) is 6.63. The summed E-state index contributed by atoms with van der Waals surface area (Å²) in [7, 11) is 1.42. The molecule has 0 unspecified atom stereocenters. The fraction of sp³-hybridized carbons (Fsp3) is 0.300. The minimum Gasteiger partial charge on any atom is -0.469 e. The van der Waals surface area contributed by atoms with Gasteiger partial charge in [0.15, 0.2) is 11.6 Å². The number of carbonyl (C=O) groups excluding carboxylic acids is 1. The third kappa shape index (κ3) is 3.40. The lowest BCUT2D eigenvalue weighted by Crippen LogP contribution is -2.37. The van der Waals surface area contributed by atoms with Gasteiger partial charge in [0.2, 0.25) is 5.88 Å². The number of pyridine rings is 1. The van der Waals surface area contributed by atoms with Crippen LogP contribution in [0, 0.1) is 5.92 Å². The average Bonchev–Trinajstić information content (AvgIpc) is 2.75. The van der Waals surface area contributed by atoms with Gasteiger partial charge in [0.05, 0.1) is 13.0 Å². The number of anilines is 2. The molecule has 0 spiro atoms. The quantitative estimate of drug-likeness (QED) is 0.690.